The first-order valence-electron chi connectivity index (χ1n) is 9.07. The molecule has 1 aromatic heterocycles. The monoisotopic (exact) mass is 408 g/mol. The average molecular weight is 408 g/mol. The van der Waals surface area contributed by atoms with Gasteiger partial charge in [-0.2, -0.15) is 5.10 Å². The number of esters is 1. The van der Waals surface area contributed by atoms with Gasteiger partial charge in [-0.1, -0.05) is 12.1 Å². The summed E-state index contributed by atoms with van der Waals surface area (Å²) < 4.78 is 6.22. The standard InChI is InChI=1S/C21H20N4O5/c1-13-19(25(28)29)14(2)24(23-13)12-15-4-6-16(7-5-15)20(26)22-18-10-8-17(9-11-18)21(27)30-3/h4-11H,12H2,1-3H3,(H,22,26). The Bertz CT molecular complexity index is 1100. The largest absolute Gasteiger partial charge is 0.465 e. The Balaban J connectivity index is 1.68. The predicted octanol–water partition coefficient (Wildman–Crippen LogP) is 3.50. The Hall–Kier alpha value is -4.01. The lowest BCUT2D eigenvalue weighted by Gasteiger charge is -2.08. The van der Waals surface area contributed by atoms with Crippen LogP contribution in [-0.4, -0.2) is 33.7 Å². The number of aromatic nitrogens is 2. The van der Waals surface area contributed by atoms with Crippen molar-refractivity contribution in [1.29, 1.82) is 0 Å². The Morgan fingerprint density at radius 1 is 1.07 bits per heavy atom. The van der Waals surface area contributed by atoms with Gasteiger partial charge in [0.2, 0.25) is 0 Å². The molecule has 0 spiro atoms. The highest BCUT2D eigenvalue weighted by Crippen LogP contribution is 2.22. The SMILES string of the molecule is COC(=O)c1ccc(NC(=O)c2ccc(Cn3nc(C)c([N+](=O)[O-])c3C)cc2)cc1. The van der Waals surface area contributed by atoms with Gasteiger partial charge in [0, 0.05) is 11.3 Å². The van der Waals surface area contributed by atoms with Crippen LogP contribution < -0.4 is 5.32 Å². The molecule has 0 atom stereocenters. The second kappa shape index (κ2) is 8.56. The maximum Gasteiger partial charge on any atom is 0.337 e. The molecule has 9 nitrogen and oxygen atoms in total. The molecular formula is C21H20N4O5. The number of benzene rings is 2. The molecule has 9 heteroatoms. The fourth-order valence-corrected chi connectivity index (χ4v) is 3.05. The fourth-order valence-electron chi connectivity index (χ4n) is 3.05. The van der Waals surface area contributed by atoms with Crippen LogP contribution in [0.2, 0.25) is 0 Å². The second-order valence-electron chi connectivity index (χ2n) is 6.65. The number of carbonyl (C=O) groups excluding carboxylic acids is 2. The van der Waals surface area contributed by atoms with Crippen molar-refractivity contribution in [2.45, 2.75) is 20.4 Å². The molecular weight excluding hydrogens is 388 g/mol. The Kier molecular flexibility index (Phi) is 5.91. The van der Waals surface area contributed by atoms with E-state index in [1.807, 2.05) is 0 Å². The van der Waals surface area contributed by atoms with Gasteiger partial charge in [0.15, 0.2) is 0 Å². The summed E-state index contributed by atoms with van der Waals surface area (Å²) >= 11 is 0. The number of anilines is 1. The molecule has 0 saturated heterocycles. The minimum atomic E-state index is -0.448. The molecule has 30 heavy (non-hydrogen) atoms. The Morgan fingerprint density at radius 2 is 1.67 bits per heavy atom. The van der Waals surface area contributed by atoms with Gasteiger partial charge >= 0.3 is 11.7 Å². The van der Waals surface area contributed by atoms with E-state index in [0.29, 0.717) is 34.7 Å². The summed E-state index contributed by atoms with van der Waals surface area (Å²) in [6.45, 7) is 3.62. The molecule has 0 unspecified atom stereocenters. The van der Waals surface area contributed by atoms with Crippen LogP contribution in [-0.2, 0) is 11.3 Å². The van der Waals surface area contributed by atoms with Crippen molar-refractivity contribution in [3.8, 4) is 0 Å². The number of aryl methyl sites for hydroxylation is 1. The number of rotatable bonds is 6. The van der Waals surface area contributed by atoms with Crippen LogP contribution in [0.1, 0.15) is 37.7 Å². The van der Waals surface area contributed by atoms with E-state index in [9.17, 15) is 19.7 Å². The molecule has 3 aromatic rings. The number of amides is 1. The highest BCUT2D eigenvalue weighted by atomic mass is 16.6. The van der Waals surface area contributed by atoms with Crippen LogP contribution in [0.5, 0.6) is 0 Å². The van der Waals surface area contributed by atoms with Gasteiger partial charge in [0.05, 0.1) is 24.1 Å². The van der Waals surface area contributed by atoms with E-state index >= 15 is 0 Å². The summed E-state index contributed by atoms with van der Waals surface area (Å²) in [7, 11) is 1.30. The van der Waals surface area contributed by atoms with Gasteiger partial charge in [-0.25, -0.2) is 4.79 Å². The van der Waals surface area contributed by atoms with Gasteiger partial charge in [-0.05, 0) is 55.8 Å². The number of nitrogens with zero attached hydrogens (tertiary/aromatic N) is 3. The molecule has 3 rings (SSSR count). The zero-order valence-electron chi connectivity index (χ0n) is 16.7. The van der Waals surface area contributed by atoms with Gasteiger partial charge in [-0.3, -0.25) is 19.6 Å². The van der Waals surface area contributed by atoms with Crippen molar-refractivity contribution in [1.82, 2.24) is 9.78 Å². The molecule has 1 N–H and O–H groups in total. The molecule has 154 valence electrons. The number of nitro groups is 1. The number of carbonyl (C=O) groups is 2. The minimum absolute atomic E-state index is 0.0178. The Morgan fingerprint density at radius 3 is 2.20 bits per heavy atom. The fraction of sp³-hybridized carbons (Fsp3) is 0.190. The molecule has 0 bridgehead atoms. The van der Waals surface area contributed by atoms with Crippen molar-refractivity contribution < 1.29 is 19.2 Å². The third kappa shape index (κ3) is 4.35. The van der Waals surface area contributed by atoms with E-state index in [0.717, 1.165) is 5.56 Å². The maximum absolute atomic E-state index is 12.4. The van der Waals surface area contributed by atoms with Crippen molar-refractivity contribution in [2.24, 2.45) is 0 Å². The summed E-state index contributed by atoms with van der Waals surface area (Å²) in [5.41, 5.74) is 3.12. The molecule has 0 aliphatic heterocycles. The topological polar surface area (TPSA) is 116 Å². The molecule has 1 amide bonds. The van der Waals surface area contributed by atoms with E-state index < -0.39 is 10.9 Å². The van der Waals surface area contributed by atoms with Crippen molar-refractivity contribution in [3.63, 3.8) is 0 Å². The summed E-state index contributed by atoms with van der Waals surface area (Å²) in [5, 5.41) is 18.1. The van der Waals surface area contributed by atoms with Crippen LogP contribution in [0.4, 0.5) is 11.4 Å². The molecule has 0 radical (unpaired) electrons. The molecule has 0 fully saturated rings. The first-order valence-corrected chi connectivity index (χ1v) is 9.07. The third-order valence-electron chi connectivity index (χ3n) is 4.64. The first-order chi connectivity index (χ1) is 14.3. The molecule has 1 heterocycles. The van der Waals surface area contributed by atoms with Gasteiger partial charge < -0.3 is 10.1 Å². The lowest BCUT2D eigenvalue weighted by atomic mass is 10.1. The Labute approximate surface area is 172 Å². The number of hydrogen-bond donors (Lipinski definition) is 1. The molecule has 0 saturated carbocycles. The van der Waals surface area contributed by atoms with E-state index in [1.54, 1.807) is 67.1 Å². The van der Waals surface area contributed by atoms with Crippen molar-refractivity contribution in [2.75, 3.05) is 12.4 Å². The predicted molar refractivity (Wildman–Crippen MR) is 110 cm³/mol. The first kappa shape index (κ1) is 20.7. The number of hydrogen-bond acceptors (Lipinski definition) is 6. The zero-order chi connectivity index (χ0) is 21.8. The smallest absolute Gasteiger partial charge is 0.337 e. The van der Waals surface area contributed by atoms with E-state index in [-0.39, 0.29) is 11.6 Å². The quantitative estimate of drug-likeness (QED) is 0.379. The summed E-state index contributed by atoms with van der Waals surface area (Å²) in [6.07, 6.45) is 0. The molecule has 0 aliphatic carbocycles. The van der Waals surface area contributed by atoms with E-state index in [1.165, 1.54) is 7.11 Å². The summed E-state index contributed by atoms with van der Waals surface area (Å²) in [6, 6.07) is 13.3. The maximum atomic E-state index is 12.4. The second-order valence-corrected chi connectivity index (χ2v) is 6.65. The minimum Gasteiger partial charge on any atom is -0.465 e. The molecule has 0 aliphatic rings. The highest BCUT2D eigenvalue weighted by molar-refractivity contribution is 6.04. The van der Waals surface area contributed by atoms with Gasteiger partial charge in [0.1, 0.15) is 11.4 Å². The number of methoxy groups -OCH3 is 1. The van der Waals surface area contributed by atoms with Gasteiger partial charge in [-0.15, -0.1) is 0 Å². The van der Waals surface area contributed by atoms with Crippen molar-refractivity contribution in [3.05, 3.63) is 86.7 Å². The van der Waals surface area contributed by atoms with Crippen molar-refractivity contribution >= 4 is 23.3 Å². The van der Waals surface area contributed by atoms with Crippen LogP contribution in [0.25, 0.3) is 0 Å². The van der Waals surface area contributed by atoms with Crippen LogP contribution in [0.15, 0.2) is 48.5 Å². The van der Waals surface area contributed by atoms with Crippen LogP contribution in [0.3, 0.4) is 0 Å². The van der Waals surface area contributed by atoms with Crippen LogP contribution >= 0.6 is 0 Å². The van der Waals surface area contributed by atoms with E-state index in [2.05, 4.69) is 15.2 Å². The third-order valence-corrected chi connectivity index (χ3v) is 4.64. The van der Waals surface area contributed by atoms with Crippen LogP contribution in [0, 0.1) is 24.0 Å². The van der Waals surface area contributed by atoms with Gasteiger partial charge in [0.25, 0.3) is 5.91 Å². The normalized spacial score (nSPS) is 10.5. The summed E-state index contributed by atoms with van der Waals surface area (Å²) in [5.74, 6) is -0.745. The number of nitrogens with one attached hydrogen (secondary N) is 1. The lowest BCUT2D eigenvalue weighted by Crippen LogP contribution is -2.12. The molecule has 2 aromatic carbocycles. The lowest BCUT2D eigenvalue weighted by molar-refractivity contribution is -0.386. The summed E-state index contributed by atoms with van der Waals surface area (Å²) in [4.78, 5) is 34.6. The highest BCUT2D eigenvalue weighted by Gasteiger charge is 2.21. The van der Waals surface area contributed by atoms with E-state index in [4.69, 9.17) is 0 Å². The average Bonchev–Trinajstić information content (AvgIpc) is 3.01. The zero-order valence-corrected chi connectivity index (χ0v) is 16.7. The number of ether oxygens (including phenoxy) is 1.